The van der Waals surface area contributed by atoms with Gasteiger partial charge in [0.2, 0.25) is 0 Å². The topological polar surface area (TPSA) is 65.0 Å². The summed E-state index contributed by atoms with van der Waals surface area (Å²) in [5, 5.41) is 13.2. The van der Waals surface area contributed by atoms with Gasteiger partial charge in [-0.3, -0.25) is 4.79 Å². The highest BCUT2D eigenvalue weighted by molar-refractivity contribution is 5.94. The summed E-state index contributed by atoms with van der Waals surface area (Å²) in [6.45, 7) is 3.41. The number of nitrogens with zero attached hydrogens (tertiary/aromatic N) is 2. The first-order valence-corrected chi connectivity index (χ1v) is 9.21. The van der Waals surface area contributed by atoms with Gasteiger partial charge in [-0.1, -0.05) is 12.1 Å². The van der Waals surface area contributed by atoms with Crippen LogP contribution in [0.15, 0.2) is 48.5 Å². The van der Waals surface area contributed by atoms with E-state index in [9.17, 15) is 9.90 Å². The highest BCUT2D eigenvalue weighted by Gasteiger charge is 2.14. The summed E-state index contributed by atoms with van der Waals surface area (Å²) < 4.78 is 5.37. The third kappa shape index (κ3) is 4.99. The molecule has 2 aromatic rings. The third-order valence-corrected chi connectivity index (χ3v) is 4.76. The first-order chi connectivity index (χ1) is 13.0. The van der Waals surface area contributed by atoms with Gasteiger partial charge in [0, 0.05) is 50.7 Å². The number of amides is 1. The van der Waals surface area contributed by atoms with E-state index in [1.807, 2.05) is 55.4 Å². The Morgan fingerprint density at radius 1 is 1.11 bits per heavy atom. The van der Waals surface area contributed by atoms with Gasteiger partial charge in [-0.15, -0.1) is 0 Å². The summed E-state index contributed by atoms with van der Waals surface area (Å²) in [5.74, 6) is -0.190. The average Bonchev–Trinajstić information content (AvgIpc) is 2.72. The van der Waals surface area contributed by atoms with Crippen molar-refractivity contribution in [2.45, 2.75) is 6.10 Å². The number of benzene rings is 2. The zero-order valence-electron chi connectivity index (χ0n) is 15.9. The number of hydrogen-bond acceptors (Lipinski definition) is 5. The van der Waals surface area contributed by atoms with Crippen molar-refractivity contribution in [2.24, 2.45) is 0 Å². The summed E-state index contributed by atoms with van der Waals surface area (Å²) >= 11 is 0. The van der Waals surface area contributed by atoms with E-state index < -0.39 is 6.10 Å². The van der Waals surface area contributed by atoms with Gasteiger partial charge in [0.05, 0.1) is 19.3 Å². The minimum atomic E-state index is -0.742. The minimum absolute atomic E-state index is 0.172. The summed E-state index contributed by atoms with van der Waals surface area (Å²) in [5.41, 5.74) is 3.52. The molecule has 1 fully saturated rings. The molecule has 2 aromatic carbocycles. The highest BCUT2D eigenvalue weighted by Crippen LogP contribution is 2.20. The summed E-state index contributed by atoms with van der Waals surface area (Å²) in [7, 11) is 3.91. The van der Waals surface area contributed by atoms with E-state index in [2.05, 4.69) is 10.2 Å². The summed E-state index contributed by atoms with van der Waals surface area (Å²) in [6, 6.07) is 15.2. The maximum absolute atomic E-state index is 12.3. The Hall–Kier alpha value is -2.57. The second-order valence-corrected chi connectivity index (χ2v) is 6.86. The van der Waals surface area contributed by atoms with Crippen LogP contribution in [0.1, 0.15) is 22.0 Å². The molecule has 27 heavy (non-hydrogen) atoms. The maximum atomic E-state index is 12.3. The van der Waals surface area contributed by atoms with Gasteiger partial charge in [0.15, 0.2) is 0 Å². The molecule has 1 heterocycles. The van der Waals surface area contributed by atoms with Crippen LogP contribution in [0, 0.1) is 0 Å². The van der Waals surface area contributed by atoms with Crippen LogP contribution in [0.5, 0.6) is 0 Å². The van der Waals surface area contributed by atoms with Crippen molar-refractivity contribution >= 4 is 17.3 Å². The molecule has 0 aromatic heterocycles. The Morgan fingerprint density at radius 3 is 2.33 bits per heavy atom. The zero-order valence-corrected chi connectivity index (χ0v) is 15.9. The fraction of sp³-hybridized carbons (Fsp3) is 0.381. The first kappa shape index (κ1) is 19.2. The number of rotatable bonds is 6. The number of morpholine rings is 1. The van der Waals surface area contributed by atoms with E-state index in [1.165, 1.54) is 0 Å². The normalized spacial score (nSPS) is 15.3. The molecule has 0 bridgehead atoms. The van der Waals surface area contributed by atoms with Gasteiger partial charge in [0.25, 0.3) is 5.91 Å². The average molecular weight is 369 g/mol. The van der Waals surface area contributed by atoms with Crippen LogP contribution in [0.4, 0.5) is 11.4 Å². The number of nitrogens with one attached hydrogen (secondary N) is 1. The Morgan fingerprint density at radius 2 is 1.74 bits per heavy atom. The number of anilines is 2. The lowest BCUT2D eigenvalue weighted by molar-refractivity contribution is 0.0916. The molecule has 6 heteroatoms. The number of aliphatic hydroxyl groups is 1. The van der Waals surface area contributed by atoms with Crippen molar-refractivity contribution in [1.29, 1.82) is 0 Å². The number of carbonyl (C=O) groups is 1. The van der Waals surface area contributed by atoms with E-state index in [1.54, 1.807) is 12.1 Å². The molecule has 0 aliphatic carbocycles. The molecule has 6 nitrogen and oxygen atoms in total. The molecule has 1 aliphatic rings. The van der Waals surface area contributed by atoms with E-state index in [0.29, 0.717) is 5.56 Å². The highest BCUT2D eigenvalue weighted by atomic mass is 16.5. The predicted molar refractivity (Wildman–Crippen MR) is 108 cm³/mol. The van der Waals surface area contributed by atoms with Crippen LogP contribution >= 0.6 is 0 Å². The molecular formula is C21H27N3O3. The van der Waals surface area contributed by atoms with Crippen molar-refractivity contribution in [2.75, 3.05) is 56.7 Å². The van der Waals surface area contributed by atoms with Crippen molar-refractivity contribution in [1.82, 2.24) is 5.32 Å². The molecular weight excluding hydrogens is 342 g/mol. The maximum Gasteiger partial charge on any atom is 0.251 e. The fourth-order valence-electron chi connectivity index (χ4n) is 3.05. The van der Waals surface area contributed by atoms with Gasteiger partial charge in [-0.25, -0.2) is 0 Å². The number of ether oxygens (including phenoxy) is 1. The largest absolute Gasteiger partial charge is 0.387 e. The molecule has 1 unspecified atom stereocenters. The zero-order chi connectivity index (χ0) is 19.2. The van der Waals surface area contributed by atoms with E-state index >= 15 is 0 Å². The van der Waals surface area contributed by atoms with Crippen LogP contribution in [-0.2, 0) is 4.74 Å². The monoisotopic (exact) mass is 369 g/mol. The van der Waals surface area contributed by atoms with Gasteiger partial charge < -0.3 is 25.0 Å². The van der Waals surface area contributed by atoms with Crippen molar-refractivity contribution in [3.05, 3.63) is 59.7 Å². The summed E-state index contributed by atoms with van der Waals surface area (Å²) in [4.78, 5) is 16.5. The molecule has 1 amide bonds. The second-order valence-electron chi connectivity index (χ2n) is 6.86. The van der Waals surface area contributed by atoms with E-state index in [-0.39, 0.29) is 12.5 Å². The fourth-order valence-corrected chi connectivity index (χ4v) is 3.05. The molecule has 0 radical (unpaired) electrons. The van der Waals surface area contributed by atoms with Crippen molar-refractivity contribution in [3.8, 4) is 0 Å². The number of hydrogen-bond donors (Lipinski definition) is 2. The molecule has 1 atom stereocenters. The van der Waals surface area contributed by atoms with Crippen LogP contribution in [-0.4, -0.2) is 58.0 Å². The molecule has 1 saturated heterocycles. The van der Waals surface area contributed by atoms with Crippen LogP contribution in [0.25, 0.3) is 0 Å². The Balaban J connectivity index is 1.53. The number of aliphatic hydroxyl groups excluding tert-OH is 1. The van der Waals surface area contributed by atoms with E-state index in [4.69, 9.17) is 4.74 Å². The molecule has 0 saturated carbocycles. The van der Waals surface area contributed by atoms with Crippen LogP contribution in [0.2, 0.25) is 0 Å². The molecule has 1 aliphatic heterocycles. The Kier molecular flexibility index (Phi) is 6.32. The summed E-state index contributed by atoms with van der Waals surface area (Å²) in [6.07, 6.45) is -0.742. The van der Waals surface area contributed by atoms with Gasteiger partial charge in [-0.2, -0.15) is 0 Å². The van der Waals surface area contributed by atoms with Crippen LogP contribution in [0.3, 0.4) is 0 Å². The van der Waals surface area contributed by atoms with Crippen LogP contribution < -0.4 is 15.1 Å². The quantitative estimate of drug-likeness (QED) is 0.816. The van der Waals surface area contributed by atoms with Crippen molar-refractivity contribution < 1.29 is 14.6 Å². The smallest absolute Gasteiger partial charge is 0.251 e. The SMILES string of the molecule is CN(C)c1ccc(C(=O)NCC(O)c2ccc(N3CCOCC3)cc2)cc1. The van der Waals surface area contributed by atoms with Gasteiger partial charge in [0.1, 0.15) is 0 Å². The minimum Gasteiger partial charge on any atom is -0.387 e. The molecule has 144 valence electrons. The van der Waals surface area contributed by atoms with Gasteiger partial charge in [-0.05, 0) is 42.0 Å². The van der Waals surface area contributed by atoms with Gasteiger partial charge >= 0.3 is 0 Å². The second kappa shape index (κ2) is 8.88. The third-order valence-electron chi connectivity index (χ3n) is 4.76. The lowest BCUT2D eigenvalue weighted by atomic mass is 10.1. The Labute approximate surface area is 160 Å². The predicted octanol–water partition coefficient (Wildman–Crippen LogP) is 2.05. The van der Waals surface area contributed by atoms with E-state index in [0.717, 1.165) is 43.2 Å². The van der Waals surface area contributed by atoms with Crippen molar-refractivity contribution in [3.63, 3.8) is 0 Å². The molecule has 2 N–H and O–H groups in total. The molecule has 3 rings (SSSR count). The number of carbonyl (C=O) groups excluding carboxylic acids is 1. The molecule has 0 spiro atoms. The first-order valence-electron chi connectivity index (χ1n) is 9.21. The Bertz CT molecular complexity index is 738. The standard InChI is InChI=1S/C21H27N3O3/c1-23(2)18-7-5-17(6-8-18)21(26)22-15-20(25)16-3-9-19(10-4-16)24-11-13-27-14-12-24/h3-10,20,25H,11-15H2,1-2H3,(H,22,26). The lowest BCUT2D eigenvalue weighted by Crippen LogP contribution is -2.36. The lowest BCUT2D eigenvalue weighted by Gasteiger charge is -2.29.